The molecule has 88 valence electrons. The zero-order chi connectivity index (χ0) is 11.4. The van der Waals surface area contributed by atoms with Crippen LogP contribution in [0.25, 0.3) is 0 Å². The summed E-state index contributed by atoms with van der Waals surface area (Å²) in [6, 6.07) is 6.32. The molecule has 1 fully saturated rings. The second-order valence-electron chi connectivity index (χ2n) is 4.33. The molecule has 0 aliphatic carbocycles. The van der Waals surface area contributed by atoms with Gasteiger partial charge in [0.25, 0.3) is 0 Å². The monoisotopic (exact) mass is 220 g/mol. The fourth-order valence-corrected chi connectivity index (χ4v) is 2.29. The molecule has 1 heterocycles. The summed E-state index contributed by atoms with van der Waals surface area (Å²) in [7, 11) is 1.69. The summed E-state index contributed by atoms with van der Waals surface area (Å²) in [6.45, 7) is 4.03. The van der Waals surface area contributed by atoms with E-state index < -0.39 is 0 Å². The van der Waals surface area contributed by atoms with Crippen molar-refractivity contribution in [1.29, 1.82) is 0 Å². The highest BCUT2D eigenvalue weighted by atomic mass is 16.5. The van der Waals surface area contributed by atoms with Crippen molar-refractivity contribution in [3.05, 3.63) is 29.3 Å². The van der Waals surface area contributed by atoms with Crippen LogP contribution in [0.1, 0.15) is 24.0 Å². The molecule has 0 bridgehead atoms. The van der Waals surface area contributed by atoms with Crippen molar-refractivity contribution in [2.75, 3.05) is 20.2 Å². The molecular formula is C13H20N2O. The molecule has 2 N–H and O–H groups in total. The van der Waals surface area contributed by atoms with E-state index in [-0.39, 0.29) is 0 Å². The first-order chi connectivity index (χ1) is 7.83. The van der Waals surface area contributed by atoms with Crippen LogP contribution in [0.15, 0.2) is 18.2 Å². The molecule has 0 unspecified atom stereocenters. The average molecular weight is 220 g/mol. The fraction of sp³-hybridized carbons (Fsp3) is 0.538. The number of likely N-dealkylation sites (tertiary alicyclic amines) is 1. The average Bonchev–Trinajstić information content (AvgIpc) is 2.81. The third kappa shape index (κ3) is 2.54. The Morgan fingerprint density at radius 3 is 2.69 bits per heavy atom. The molecule has 0 spiro atoms. The molecule has 1 saturated heterocycles. The fourth-order valence-electron chi connectivity index (χ4n) is 2.29. The lowest BCUT2D eigenvalue weighted by Gasteiger charge is -2.16. The number of benzene rings is 1. The third-order valence-electron chi connectivity index (χ3n) is 3.17. The van der Waals surface area contributed by atoms with Crippen molar-refractivity contribution in [2.45, 2.75) is 25.9 Å². The van der Waals surface area contributed by atoms with Gasteiger partial charge in [-0.15, -0.1) is 0 Å². The number of rotatable bonds is 4. The lowest BCUT2D eigenvalue weighted by molar-refractivity contribution is 0.331. The smallest absolute Gasteiger partial charge is 0.123 e. The largest absolute Gasteiger partial charge is 0.496 e. The van der Waals surface area contributed by atoms with E-state index in [2.05, 4.69) is 17.0 Å². The van der Waals surface area contributed by atoms with Crippen molar-refractivity contribution in [2.24, 2.45) is 5.73 Å². The van der Waals surface area contributed by atoms with Crippen LogP contribution in [0.5, 0.6) is 5.75 Å². The van der Waals surface area contributed by atoms with Crippen LogP contribution in [0.4, 0.5) is 0 Å². The van der Waals surface area contributed by atoms with Gasteiger partial charge >= 0.3 is 0 Å². The molecule has 0 atom stereocenters. The Hall–Kier alpha value is -1.06. The quantitative estimate of drug-likeness (QED) is 0.840. The third-order valence-corrected chi connectivity index (χ3v) is 3.17. The topological polar surface area (TPSA) is 38.5 Å². The van der Waals surface area contributed by atoms with Crippen LogP contribution in [0, 0.1) is 0 Å². The van der Waals surface area contributed by atoms with Gasteiger partial charge in [-0.25, -0.2) is 0 Å². The number of hydrogen-bond acceptors (Lipinski definition) is 3. The zero-order valence-electron chi connectivity index (χ0n) is 9.91. The first-order valence-corrected chi connectivity index (χ1v) is 5.91. The number of hydrogen-bond donors (Lipinski definition) is 1. The second kappa shape index (κ2) is 5.32. The van der Waals surface area contributed by atoms with Crippen molar-refractivity contribution in [3.8, 4) is 5.75 Å². The Bertz CT molecular complexity index is 346. The molecule has 3 heteroatoms. The van der Waals surface area contributed by atoms with Gasteiger partial charge in [-0.1, -0.05) is 6.07 Å². The van der Waals surface area contributed by atoms with Gasteiger partial charge in [0.05, 0.1) is 7.11 Å². The van der Waals surface area contributed by atoms with Gasteiger partial charge in [0, 0.05) is 18.7 Å². The van der Waals surface area contributed by atoms with Gasteiger partial charge in [0.2, 0.25) is 0 Å². The predicted octanol–water partition coefficient (Wildman–Crippen LogP) is 1.75. The van der Waals surface area contributed by atoms with Crippen LogP contribution < -0.4 is 10.5 Å². The molecule has 1 aliphatic rings. The van der Waals surface area contributed by atoms with E-state index in [0.29, 0.717) is 6.54 Å². The molecule has 0 aromatic heterocycles. The molecule has 1 aromatic carbocycles. The Morgan fingerprint density at radius 1 is 1.31 bits per heavy atom. The van der Waals surface area contributed by atoms with E-state index in [1.807, 2.05) is 6.07 Å². The molecule has 0 saturated carbocycles. The molecule has 1 aliphatic heterocycles. The number of nitrogens with two attached hydrogens (primary N) is 1. The van der Waals surface area contributed by atoms with Crippen LogP contribution in [-0.2, 0) is 13.1 Å². The van der Waals surface area contributed by atoms with Crippen molar-refractivity contribution in [3.63, 3.8) is 0 Å². The first kappa shape index (κ1) is 11.4. The lowest BCUT2D eigenvalue weighted by Crippen LogP contribution is -2.18. The molecule has 1 aromatic rings. The Labute approximate surface area is 97.2 Å². The van der Waals surface area contributed by atoms with Crippen molar-refractivity contribution < 1.29 is 4.74 Å². The highest BCUT2D eigenvalue weighted by Gasteiger charge is 2.12. The van der Waals surface area contributed by atoms with E-state index in [0.717, 1.165) is 17.9 Å². The van der Waals surface area contributed by atoms with Gasteiger partial charge in [0.1, 0.15) is 5.75 Å². The molecule has 0 amide bonds. The van der Waals surface area contributed by atoms with Gasteiger partial charge < -0.3 is 10.5 Å². The molecule has 16 heavy (non-hydrogen) atoms. The minimum atomic E-state index is 0.539. The maximum absolute atomic E-state index is 5.71. The van der Waals surface area contributed by atoms with E-state index >= 15 is 0 Å². The molecule has 0 radical (unpaired) electrons. The summed E-state index contributed by atoms with van der Waals surface area (Å²) in [5.41, 5.74) is 8.14. The Kier molecular flexibility index (Phi) is 3.80. The number of ether oxygens (including phenoxy) is 1. The van der Waals surface area contributed by atoms with Crippen LogP contribution in [0.3, 0.4) is 0 Å². The highest BCUT2D eigenvalue weighted by Crippen LogP contribution is 2.21. The van der Waals surface area contributed by atoms with Crippen molar-refractivity contribution >= 4 is 0 Å². The maximum Gasteiger partial charge on any atom is 0.123 e. The van der Waals surface area contributed by atoms with E-state index in [1.165, 1.54) is 31.5 Å². The zero-order valence-corrected chi connectivity index (χ0v) is 9.91. The Balaban J connectivity index is 2.09. The van der Waals surface area contributed by atoms with E-state index in [4.69, 9.17) is 10.5 Å². The van der Waals surface area contributed by atoms with Gasteiger partial charge in [-0.05, 0) is 43.6 Å². The number of nitrogens with zero attached hydrogens (tertiary/aromatic N) is 1. The summed E-state index contributed by atoms with van der Waals surface area (Å²) < 4.78 is 5.27. The van der Waals surface area contributed by atoms with Gasteiger partial charge in [0.15, 0.2) is 0 Å². The maximum atomic E-state index is 5.71. The van der Waals surface area contributed by atoms with E-state index in [1.54, 1.807) is 7.11 Å². The molecule has 3 nitrogen and oxygen atoms in total. The van der Waals surface area contributed by atoms with Gasteiger partial charge in [-0.3, -0.25) is 4.90 Å². The second-order valence-corrected chi connectivity index (χ2v) is 4.33. The SMILES string of the molecule is COc1ccc(CN2CCCC2)cc1CN. The number of methoxy groups -OCH3 is 1. The first-order valence-electron chi connectivity index (χ1n) is 5.91. The van der Waals surface area contributed by atoms with Crippen molar-refractivity contribution in [1.82, 2.24) is 4.90 Å². The highest BCUT2D eigenvalue weighted by molar-refractivity contribution is 5.37. The lowest BCUT2D eigenvalue weighted by atomic mass is 10.1. The summed E-state index contributed by atoms with van der Waals surface area (Å²) in [5.74, 6) is 0.896. The summed E-state index contributed by atoms with van der Waals surface area (Å²) >= 11 is 0. The van der Waals surface area contributed by atoms with E-state index in [9.17, 15) is 0 Å². The standard InChI is InChI=1S/C13H20N2O/c1-16-13-5-4-11(8-12(13)9-14)10-15-6-2-3-7-15/h4-5,8H,2-3,6-7,9-10,14H2,1H3. The molecular weight excluding hydrogens is 200 g/mol. The van der Waals surface area contributed by atoms with Gasteiger partial charge in [-0.2, -0.15) is 0 Å². The van der Waals surface area contributed by atoms with Crippen LogP contribution >= 0.6 is 0 Å². The summed E-state index contributed by atoms with van der Waals surface area (Å²) in [6.07, 6.45) is 2.67. The summed E-state index contributed by atoms with van der Waals surface area (Å²) in [5, 5.41) is 0. The minimum Gasteiger partial charge on any atom is -0.496 e. The van der Waals surface area contributed by atoms with Crippen LogP contribution in [0.2, 0.25) is 0 Å². The molecule has 2 rings (SSSR count). The normalized spacial score (nSPS) is 16.6. The Morgan fingerprint density at radius 2 is 2.06 bits per heavy atom. The minimum absolute atomic E-state index is 0.539. The van der Waals surface area contributed by atoms with Crippen LogP contribution in [-0.4, -0.2) is 25.1 Å². The summed E-state index contributed by atoms with van der Waals surface area (Å²) in [4.78, 5) is 2.49. The predicted molar refractivity (Wildman–Crippen MR) is 65.4 cm³/mol.